The second kappa shape index (κ2) is 45.1. The van der Waals surface area contributed by atoms with E-state index in [1.165, 1.54) is 25.4 Å². The van der Waals surface area contributed by atoms with E-state index in [1.54, 1.807) is 32.2 Å². The summed E-state index contributed by atoms with van der Waals surface area (Å²) in [5.74, 6) is -15.9. The number of aliphatic carboxylic acids is 4. The third kappa shape index (κ3) is 29.7. The number of hydrogen-bond acceptors (Lipinski definition) is 30. The Morgan fingerprint density at radius 3 is 2.07 bits per heavy atom. The van der Waals surface area contributed by atoms with Gasteiger partial charge < -0.3 is 107 Å². The summed E-state index contributed by atoms with van der Waals surface area (Å²) in [5.41, 5.74) is 13.3. The monoisotopic (exact) mass is 1740 g/mol. The number of oxazole rings is 1. The zero-order chi connectivity index (χ0) is 89.2. The van der Waals surface area contributed by atoms with Gasteiger partial charge in [-0.1, -0.05) is 72.7 Å². The molecule has 17 atom stereocenters. The second-order valence-corrected chi connectivity index (χ2v) is 33.1. The number of aromatic nitrogens is 5. The maximum atomic E-state index is 14.2. The number of amides is 6. The van der Waals surface area contributed by atoms with Crippen LogP contribution < -0.4 is 59.6 Å². The highest BCUT2D eigenvalue weighted by Gasteiger charge is 2.58. The van der Waals surface area contributed by atoms with Crippen LogP contribution in [0.1, 0.15) is 146 Å². The molecule has 3 aliphatic heterocycles. The Bertz CT molecular complexity index is 4680. The molecule has 6 amide bonds. The standard InChI is InChI=1S/C79H104N16O25S2/c1-38(25-48-36-116-43(6)87-48)11-9-12-40(3)65(114-8)42(5)56-32-58(79(7)33-46(79)18-14-39(2)55-26-44(28-63(103)117-55)27-57-66(118-57)75(112)119-56)120-78(113)115-23-24-121-122-37-54(74(110)111)93-72(108)53(31-62(101)102)92-71(107)52(30-61(99)100)91-69(105)50(13-10-22-83-76(80)81)90-70(106)51(29-60(97)98)89-59(96)21-15-41(4)86-68(104)45-16-19-47(20-17-45)84-34-49-35-85-67-64(88-49)73(109)95-77(82)94-67/h9,11-12,14,16-20,25,35-36,39,41-42,44,46,50-58,65-66,84H,10,13,15,21-24,26-34,37H2,1-8H3,(H,86,104)(H,89,96)(H,90,106)(H,91,105)(H,92,107)(H,93,108)(H,97,98)(H,99,100)(H,101,102)(H,110,111)(H4,80,81,83)(H3,82,85,94,95,109)/b11-9+,18-14+,38-25+,40-12+/t39-,41-,42+,44+,46+,50+,51+,52+,53+,54+,55-,56+,57+,58+,65+,66-,79?/m1/s1. The fourth-order valence-corrected chi connectivity index (χ4v) is 15.9. The average Bonchev–Trinajstić information content (AvgIpc) is 1.59. The Hall–Kier alpha value is -12.0. The smallest absolute Gasteiger partial charge is 0.481 e. The number of carbonyl (C=O) groups is 13. The van der Waals surface area contributed by atoms with Crippen molar-refractivity contribution in [2.75, 3.05) is 42.8 Å². The quantitative estimate of drug-likeness (QED) is 0.00347. The first kappa shape index (κ1) is 95.5. The van der Waals surface area contributed by atoms with Gasteiger partial charge in [0.1, 0.15) is 67.1 Å². The number of nitrogen functional groups attached to an aromatic ring is 1. The lowest BCUT2D eigenvalue weighted by Gasteiger charge is -2.34. The summed E-state index contributed by atoms with van der Waals surface area (Å²) in [6, 6.07) is -4.17. The number of benzene rings is 1. The molecule has 8 rings (SSSR count). The lowest BCUT2D eigenvalue weighted by molar-refractivity contribution is -0.159. The highest BCUT2D eigenvalue weighted by atomic mass is 33.1. The maximum Gasteiger partial charge on any atom is 0.508 e. The van der Waals surface area contributed by atoms with Crippen LogP contribution in [-0.4, -0.2) is 233 Å². The summed E-state index contributed by atoms with van der Waals surface area (Å²) < 4.78 is 41.3. The van der Waals surface area contributed by atoms with Crippen molar-refractivity contribution in [3.05, 3.63) is 111 Å². The maximum absolute atomic E-state index is 14.2. The number of aromatic amines is 1. The first-order valence-corrected chi connectivity index (χ1v) is 41.8. The van der Waals surface area contributed by atoms with Gasteiger partial charge in [-0.15, -0.1) is 0 Å². The van der Waals surface area contributed by atoms with Crippen molar-refractivity contribution >= 4 is 134 Å². The lowest BCUT2D eigenvalue weighted by Crippen LogP contribution is -2.59. The largest absolute Gasteiger partial charge is 0.508 e. The van der Waals surface area contributed by atoms with E-state index in [4.69, 9.17) is 49.7 Å². The summed E-state index contributed by atoms with van der Waals surface area (Å²) in [6.45, 7) is 12.6. The van der Waals surface area contributed by atoms with Crippen LogP contribution in [0.3, 0.4) is 0 Å². The van der Waals surface area contributed by atoms with Crippen LogP contribution in [0.5, 0.6) is 0 Å². The molecule has 18 N–H and O–H groups in total. The number of rotatable bonds is 42. The number of ether oxygens (including phenoxy) is 6. The van der Waals surface area contributed by atoms with E-state index in [2.05, 4.69) is 67.5 Å². The van der Waals surface area contributed by atoms with E-state index in [9.17, 15) is 87.5 Å². The number of cyclic esters (lactones) is 1. The number of epoxide rings is 1. The highest BCUT2D eigenvalue weighted by molar-refractivity contribution is 8.76. The van der Waals surface area contributed by atoms with Crippen LogP contribution in [0.25, 0.3) is 17.2 Å². The van der Waals surface area contributed by atoms with Crippen molar-refractivity contribution in [2.45, 2.75) is 205 Å². The van der Waals surface area contributed by atoms with Crippen molar-refractivity contribution < 1.29 is 116 Å². The number of hydrogen-bond donors (Lipinski definition) is 16. The molecular formula is C79H104N16O25S2. The Labute approximate surface area is 707 Å². The number of anilines is 2. The zero-order valence-electron chi connectivity index (χ0n) is 68.3. The molecule has 6 heterocycles. The summed E-state index contributed by atoms with van der Waals surface area (Å²) >= 11 is 0. The van der Waals surface area contributed by atoms with Gasteiger partial charge in [0.2, 0.25) is 35.5 Å². The minimum Gasteiger partial charge on any atom is -0.481 e. The van der Waals surface area contributed by atoms with Gasteiger partial charge in [0, 0.05) is 85.9 Å². The van der Waals surface area contributed by atoms with Gasteiger partial charge in [-0.3, -0.25) is 63.1 Å². The molecule has 2 saturated heterocycles. The van der Waals surface area contributed by atoms with Gasteiger partial charge in [0.25, 0.3) is 11.5 Å². The van der Waals surface area contributed by atoms with Crippen molar-refractivity contribution in [3.8, 4) is 0 Å². The highest BCUT2D eigenvalue weighted by Crippen LogP contribution is 2.58. The third-order valence-corrected chi connectivity index (χ3v) is 23.1. The normalized spacial score (nSPS) is 22.4. The molecule has 1 saturated carbocycles. The number of nitrogens with two attached hydrogens (primary N) is 2. The number of H-pyrrole nitrogens is 1. The van der Waals surface area contributed by atoms with Gasteiger partial charge >= 0.3 is 42.0 Å². The minimum absolute atomic E-state index is 0.00838. The van der Waals surface area contributed by atoms with Crippen LogP contribution in [0, 0.1) is 41.4 Å². The number of methoxy groups -OCH3 is 1. The van der Waals surface area contributed by atoms with Gasteiger partial charge in [-0.25, -0.2) is 29.3 Å². The number of carboxylic acid groups (broad SMARTS) is 4. The molecule has 4 aromatic rings. The third-order valence-electron chi connectivity index (χ3n) is 20.7. The van der Waals surface area contributed by atoms with Crippen LogP contribution in [0.4, 0.5) is 16.4 Å². The molecule has 662 valence electrons. The van der Waals surface area contributed by atoms with Crippen molar-refractivity contribution in [2.24, 2.45) is 34.8 Å². The van der Waals surface area contributed by atoms with Gasteiger partial charge in [0.05, 0.1) is 49.9 Å². The summed E-state index contributed by atoms with van der Waals surface area (Å²) in [4.78, 5) is 204. The van der Waals surface area contributed by atoms with Crippen molar-refractivity contribution in [1.29, 1.82) is 5.41 Å². The van der Waals surface area contributed by atoms with E-state index in [1.807, 2.05) is 71.1 Å². The van der Waals surface area contributed by atoms with E-state index in [0.717, 1.165) is 32.7 Å². The van der Waals surface area contributed by atoms with E-state index in [-0.39, 0.29) is 110 Å². The molecule has 43 heteroatoms. The molecule has 1 aliphatic carbocycles. The number of carbonyl (C=O) groups excluding carboxylic acids is 9. The zero-order valence-corrected chi connectivity index (χ0v) is 69.9. The van der Waals surface area contributed by atoms with Gasteiger partial charge in [0.15, 0.2) is 29.1 Å². The van der Waals surface area contributed by atoms with Crippen LogP contribution >= 0.6 is 21.6 Å². The molecule has 1 aromatic carbocycles. The van der Waals surface area contributed by atoms with Crippen molar-refractivity contribution in [3.63, 3.8) is 0 Å². The molecule has 41 nitrogen and oxygen atoms in total. The van der Waals surface area contributed by atoms with E-state index >= 15 is 0 Å². The molecular weight excluding hydrogens is 1640 g/mol. The van der Waals surface area contributed by atoms with E-state index < -0.39 is 192 Å². The fraction of sp³-hybridized carbons (Fsp3) is 0.532. The summed E-state index contributed by atoms with van der Waals surface area (Å²) in [7, 11) is 3.41. The van der Waals surface area contributed by atoms with E-state index in [0.29, 0.717) is 42.2 Å². The minimum atomic E-state index is -2.16. The lowest BCUT2D eigenvalue weighted by atomic mass is 9.84. The molecule has 3 fully saturated rings. The first-order chi connectivity index (χ1) is 57.8. The Morgan fingerprint density at radius 1 is 0.795 bits per heavy atom. The number of allylic oxidation sites excluding steroid dienone is 5. The first-order valence-electron chi connectivity index (χ1n) is 39.3. The topological polar surface area (TPSA) is 631 Å². The molecule has 4 aliphatic rings. The second-order valence-electron chi connectivity index (χ2n) is 30.5. The van der Waals surface area contributed by atoms with Crippen LogP contribution in [-0.2, 0) is 87.7 Å². The summed E-state index contributed by atoms with van der Waals surface area (Å²) in [5, 5.41) is 66.7. The molecule has 1 unspecified atom stereocenters. The molecule has 0 radical (unpaired) electrons. The molecule has 122 heavy (non-hydrogen) atoms. The van der Waals surface area contributed by atoms with Crippen molar-refractivity contribution in [1.82, 2.24) is 62.1 Å². The predicted octanol–water partition coefficient (Wildman–Crippen LogP) is 3.47. The number of fused-ring (bicyclic) bond motifs is 5. The Balaban J connectivity index is 0.850. The number of esters is 2. The molecule has 3 aromatic heterocycles. The fourth-order valence-electron chi connectivity index (χ4n) is 13.9. The van der Waals surface area contributed by atoms with Crippen LogP contribution in [0.15, 0.2) is 87.5 Å². The molecule has 2 bridgehead atoms. The SMILES string of the molecule is CO[C@@H](/C(C)=C/C=C/C(C)=C/c1coc(C)n1)[C@@H](C)[C@@H]1C[C@H](OC(=O)OCCSSC[C@H](NC(=O)[C@H](CC(=O)O)NC(=O)[C@H](CC(=O)O)NC(=O)[C@H](CCCNC(=N)N)NC(=O)[C@H](CC(=O)O)NC(=O)CC[C@@H](C)NC(=O)c2ccc(NCc3cnc4nc(N)[nH]c(=O)c4n3)cc2)C(=O)O)C2(C)C[C@@H]2/C=C/[C@@H](C)[C@H]2C[C@H](CC(=O)O2)C[C@@H]2O[C@H]2C(=O)O1. The average molecular weight is 1740 g/mol. The number of aryl methyl sites for hydroxylation is 1. The number of nitrogens with zero attached hydrogens (tertiary/aromatic N) is 4. The van der Waals surface area contributed by atoms with Gasteiger partial charge in [-0.2, -0.15) is 4.98 Å². The number of carboxylic acids is 4. The predicted molar refractivity (Wildman–Crippen MR) is 439 cm³/mol. The number of nitrogens with one attached hydrogen (secondary N) is 10. The van der Waals surface area contributed by atoms with Gasteiger partial charge in [-0.05, 0) is 113 Å². The Kier molecular flexibility index (Phi) is 35.3. The molecule has 0 spiro atoms. The summed E-state index contributed by atoms with van der Waals surface area (Å²) in [6.07, 6.45) is 6.30. The number of guanidine groups is 1. The van der Waals surface area contributed by atoms with Crippen LogP contribution in [0.2, 0.25) is 0 Å². The Morgan fingerprint density at radius 2 is 1.43 bits per heavy atom.